The van der Waals surface area contributed by atoms with Crippen molar-refractivity contribution in [3.63, 3.8) is 0 Å². The van der Waals surface area contributed by atoms with Crippen LogP contribution in [0, 0.1) is 25.5 Å². The number of anilines is 1. The lowest BCUT2D eigenvalue weighted by molar-refractivity contribution is -0.115. The molecule has 0 fully saturated rings. The van der Waals surface area contributed by atoms with Gasteiger partial charge in [0.05, 0.1) is 11.9 Å². The molecule has 25 heavy (non-hydrogen) atoms. The second-order valence-electron chi connectivity index (χ2n) is 5.67. The maximum Gasteiger partial charge on any atom is 0.237 e. The van der Waals surface area contributed by atoms with Gasteiger partial charge in [-0.15, -0.1) is 11.8 Å². The Kier molecular flexibility index (Phi) is 6.82. The maximum atomic E-state index is 13.6. The molecule has 3 nitrogen and oxygen atoms in total. The summed E-state index contributed by atoms with van der Waals surface area (Å²) in [5, 5.41) is 1.85. The molecule has 1 amide bonds. The van der Waals surface area contributed by atoms with E-state index in [2.05, 4.69) is 5.32 Å². The number of nitrogens with one attached hydrogen (secondary N) is 1. The average molecular weight is 365 g/mol. The molecule has 0 spiro atoms. The van der Waals surface area contributed by atoms with E-state index in [1.165, 1.54) is 17.8 Å². The van der Waals surface area contributed by atoms with Gasteiger partial charge < -0.3 is 10.1 Å². The van der Waals surface area contributed by atoms with Crippen LogP contribution in [0.4, 0.5) is 14.5 Å². The van der Waals surface area contributed by atoms with Gasteiger partial charge in [-0.05, 0) is 44.0 Å². The minimum absolute atomic E-state index is 0.410. The highest BCUT2D eigenvalue weighted by Gasteiger charge is 2.17. The SMILES string of the molecule is Cc1cccc(C)c1OCCSC(C)C(=O)Nc1c(F)cccc1F. The number of aryl methyl sites for hydroxylation is 2. The first-order valence-corrected chi connectivity index (χ1v) is 9.00. The van der Waals surface area contributed by atoms with Gasteiger partial charge >= 0.3 is 0 Å². The molecule has 0 aromatic heterocycles. The van der Waals surface area contributed by atoms with Crippen LogP contribution < -0.4 is 10.1 Å². The van der Waals surface area contributed by atoms with Crippen LogP contribution in [0.1, 0.15) is 18.1 Å². The first-order valence-electron chi connectivity index (χ1n) is 7.95. The number of hydrogen-bond donors (Lipinski definition) is 1. The van der Waals surface area contributed by atoms with Crippen molar-refractivity contribution in [2.75, 3.05) is 17.7 Å². The molecule has 0 aliphatic rings. The molecular formula is C19H21F2NO2S. The number of benzene rings is 2. The van der Waals surface area contributed by atoms with Crippen molar-refractivity contribution in [2.45, 2.75) is 26.0 Å². The van der Waals surface area contributed by atoms with E-state index < -0.39 is 28.5 Å². The molecule has 1 N–H and O–H groups in total. The predicted octanol–water partition coefficient (Wildman–Crippen LogP) is 4.72. The summed E-state index contributed by atoms with van der Waals surface area (Å²) in [5.41, 5.74) is 1.71. The van der Waals surface area contributed by atoms with Crippen LogP contribution in [-0.4, -0.2) is 23.5 Å². The molecule has 1 unspecified atom stereocenters. The zero-order valence-corrected chi connectivity index (χ0v) is 15.3. The van der Waals surface area contributed by atoms with E-state index in [1.54, 1.807) is 6.92 Å². The van der Waals surface area contributed by atoms with Crippen LogP contribution in [0.15, 0.2) is 36.4 Å². The Morgan fingerprint density at radius 2 is 1.68 bits per heavy atom. The van der Waals surface area contributed by atoms with Crippen molar-refractivity contribution in [2.24, 2.45) is 0 Å². The highest BCUT2D eigenvalue weighted by molar-refractivity contribution is 8.00. The summed E-state index contributed by atoms with van der Waals surface area (Å²) in [7, 11) is 0. The second kappa shape index (κ2) is 8.85. The van der Waals surface area contributed by atoms with Gasteiger partial charge in [-0.25, -0.2) is 8.78 Å². The van der Waals surface area contributed by atoms with Crippen molar-refractivity contribution >= 4 is 23.4 Å². The van der Waals surface area contributed by atoms with Crippen LogP contribution in [0.3, 0.4) is 0 Å². The van der Waals surface area contributed by atoms with E-state index in [9.17, 15) is 13.6 Å². The van der Waals surface area contributed by atoms with Crippen molar-refractivity contribution in [1.82, 2.24) is 0 Å². The van der Waals surface area contributed by atoms with Gasteiger partial charge in [0.25, 0.3) is 0 Å². The molecule has 0 bridgehead atoms. The standard InChI is InChI=1S/C19H21F2NO2S/c1-12-6-4-7-13(2)18(12)24-10-11-25-14(3)19(23)22-17-15(20)8-5-9-16(17)21/h4-9,14H,10-11H2,1-3H3,(H,22,23). The molecule has 134 valence electrons. The molecule has 0 saturated carbocycles. The molecule has 0 aliphatic carbocycles. The normalized spacial score (nSPS) is 11.9. The van der Waals surface area contributed by atoms with Crippen LogP contribution >= 0.6 is 11.8 Å². The fourth-order valence-electron chi connectivity index (χ4n) is 2.31. The first-order chi connectivity index (χ1) is 11.9. The third kappa shape index (κ3) is 5.19. The molecule has 1 atom stereocenters. The number of thioether (sulfide) groups is 1. The highest BCUT2D eigenvalue weighted by Crippen LogP contribution is 2.23. The molecule has 0 radical (unpaired) electrons. The Bertz CT molecular complexity index is 712. The Morgan fingerprint density at radius 1 is 1.12 bits per heavy atom. The summed E-state index contributed by atoms with van der Waals surface area (Å²) in [6.45, 7) is 6.10. The third-order valence-electron chi connectivity index (χ3n) is 3.69. The third-order valence-corrected chi connectivity index (χ3v) is 4.80. The molecule has 0 aliphatic heterocycles. The van der Waals surface area contributed by atoms with E-state index in [0.717, 1.165) is 29.0 Å². The monoisotopic (exact) mass is 365 g/mol. The molecule has 2 aromatic rings. The van der Waals surface area contributed by atoms with E-state index in [1.807, 2.05) is 32.0 Å². The summed E-state index contributed by atoms with van der Waals surface area (Å²) >= 11 is 1.36. The lowest BCUT2D eigenvalue weighted by Crippen LogP contribution is -2.24. The van der Waals surface area contributed by atoms with Gasteiger partial charge in [-0.2, -0.15) is 0 Å². The second-order valence-corrected chi connectivity index (χ2v) is 7.12. The minimum Gasteiger partial charge on any atom is -0.492 e. The van der Waals surface area contributed by atoms with E-state index >= 15 is 0 Å². The van der Waals surface area contributed by atoms with Gasteiger partial charge in [-0.3, -0.25) is 4.79 Å². The maximum absolute atomic E-state index is 13.6. The fourth-order valence-corrected chi connectivity index (χ4v) is 3.06. The Morgan fingerprint density at radius 3 is 2.28 bits per heavy atom. The lowest BCUT2D eigenvalue weighted by Gasteiger charge is -2.14. The summed E-state index contributed by atoms with van der Waals surface area (Å²) in [6, 6.07) is 9.40. The van der Waals surface area contributed by atoms with Crippen LogP contribution in [0.5, 0.6) is 5.75 Å². The van der Waals surface area contributed by atoms with E-state index in [4.69, 9.17) is 4.74 Å². The quantitative estimate of drug-likeness (QED) is 0.722. The molecule has 0 heterocycles. The molecule has 6 heteroatoms. The Labute approximate surface area is 150 Å². The summed E-state index contributed by atoms with van der Waals surface area (Å²) in [5.74, 6) is -0.579. The zero-order valence-electron chi connectivity index (χ0n) is 14.4. The Hall–Kier alpha value is -2.08. The minimum atomic E-state index is -0.788. The van der Waals surface area contributed by atoms with Crippen molar-refractivity contribution < 1.29 is 18.3 Å². The molecule has 0 saturated heterocycles. The summed E-state index contributed by atoms with van der Waals surface area (Å²) < 4.78 is 32.9. The van der Waals surface area contributed by atoms with Gasteiger partial charge in [-0.1, -0.05) is 24.3 Å². The van der Waals surface area contributed by atoms with Crippen molar-refractivity contribution in [1.29, 1.82) is 0 Å². The number of hydrogen-bond acceptors (Lipinski definition) is 3. The van der Waals surface area contributed by atoms with Crippen LogP contribution in [-0.2, 0) is 4.79 Å². The summed E-state index contributed by atoms with van der Waals surface area (Å²) in [4.78, 5) is 12.1. The van der Waals surface area contributed by atoms with Gasteiger partial charge in [0.15, 0.2) is 0 Å². The molecule has 2 aromatic carbocycles. The fraction of sp³-hybridized carbons (Fsp3) is 0.316. The van der Waals surface area contributed by atoms with Crippen molar-refractivity contribution in [3.05, 3.63) is 59.2 Å². The number of carbonyl (C=O) groups is 1. The number of halogens is 2. The number of carbonyl (C=O) groups excluding carboxylic acids is 1. The summed E-state index contributed by atoms with van der Waals surface area (Å²) in [6.07, 6.45) is 0. The Balaban J connectivity index is 1.82. The van der Waals surface area contributed by atoms with Crippen LogP contribution in [0.2, 0.25) is 0 Å². The molecule has 2 rings (SSSR count). The van der Waals surface area contributed by atoms with Gasteiger partial charge in [0.1, 0.15) is 23.1 Å². The predicted molar refractivity (Wildman–Crippen MR) is 98.3 cm³/mol. The average Bonchev–Trinajstić information content (AvgIpc) is 2.56. The highest BCUT2D eigenvalue weighted by atomic mass is 32.2. The van der Waals surface area contributed by atoms with Crippen molar-refractivity contribution in [3.8, 4) is 5.75 Å². The van der Waals surface area contributed by atoms with E-state index in [0.29, 0.717) is 12.4 Å². The number of amides is 1. The lowest BCUT2D eigenvalue weighted by atomic mass is 10.1. The van der Waals surface area contributed by atoms with E-state index in [-0.39, 0.29) is 0 Å². The number of ether oxygens (including phenoxy) is 1. The number of rotatable bonds is 7. The largest absolute Gasteiger partial charge is 0.492 e. The first kappa shape index (κ1) is 19.2. The topological polar surface area (TPSA) is 38.3 Å². The zero-order chi connectivity index (χ0) is 18.4. The molecular weight excluding hydrogens is 344 g/mol. The van der Waals surface area contributed by atoms with Crippen LogP contribution in [0.25, 0.3) is 0 Å². The van der Waals surface area contributed by atoms with Gasteiger partial charge in [0, 0.05) is 5.75 Å². The smallest absolute Gasteiger partial charge is 0.237 e. The number of para-hydroxylation sites is 2. The van der Waals surface area contributed by atoms with Gasteiger partial charge in [0.2, 0.25) is 5.91 Å².